The fourth-order valence-electron chi connectivity index (χ4n) is 6.76. The molecule has 0 spiro atoms. The lowest BCUT2D eigenvalue weighted by Crippen LogP contribution is -2.22. The lowest BCUT2D eigenvalue weighted by Gasteiger charge is -2.32. The highest BCUT2D eigenvalue weighted by Crippen LogP contribution is 2.41. The van der Waals surface area contributed by atoms with Crippen molar-refractivity contribution in [3.05, 3.63) is 53.1 Å². The first-order chi connectivity index (χ1) is 18.7. The summed E-state index contributed by atoms with van der Waals surface area (Å²) in [6, 6.07) is 8.26. The summed E-state index contributed by atoms with van der Waals surface area (Å²) in [6.45, 7) is -1.16. The molecule has 1 heterocycles. The topological polar surface area (TPSA) is 9.23 Å². The number of ether oxygens (including phenoxy) is 1. The first kappa shape index (κ1) is 30.0. The van der Waals surface area contributed by atoms with Gasteiger partial charge in [0.1, 0.15) is 11.6 Å². The average molecular weight is 571 g/mol. The first-order valence-corrected chi connectivity index (χ1v) is 17.1. The van der Waals surface area contributed by atoms with Crippen molar-refractivity contribution in [2.75, 3.05) is 0 Å². The van der Waals surface area contributed by atoms with Crippen molar-refractivity contribution in [3.8, 4) is 16.9 Å². The Morgan fingerprint density at radius 2 is 1.33 bits per heavy atom. The van der Waals surface area contributed by atoms with Gasteiger partial charge in [-0.05, 0) is 78.8 Å². The van der Waals surface area contributed by atoms with E-state index < -0.39 is 55.6 Å². The number of unbranched alkanes of at least 4 members (excludes halogenated alkanes) is 2. The van der Waals surface area contributed by atoms with E-state index in [0.29, 0.717) is 23.6 Å². The minimum atomic E-state index is -3.43. The Bertz CT molecular complexity index is 1030. The molecule has 4 rings (SSSR count). The summed E-state index contributed by atoms with van der Waals surface area (Å²) in [5.41, 5.74) is -0.441. The van der Waals surface area contributed by atoms with Crippen LogP contribution in [0.15, 0.2) is 24.3 Å². The van der Waals surface area contributed by atoms with Crippen molar-refractivity contribution in [2.45, 2.75) is 108 Å². The summed E-state index contributed by atoms with van der Waals surface area (Å²) in [6.07, 6.45) is 13.3. The molecule has 0 unspecified atom stereocenters. The van der Waals surface area contributed by atoms with Crippen molar-refractivity contribution in [1.82, 2.24) is 0 Å². The molecular weight excluding hydrogens is 530 g/mol. The molecule has 2 aromatic carbocycles. The number of alkyl halides is 2. The zero-order valence-electron chi connectivity index (χ0n) is 22.8. The van der Waals surface area contributed by atoms with Crippen LogP contribution in [0.25, 0.3) is 11.1 Å². The number of hydrogen-bond acceptors (Lipinski definition) is 1. The Labute approximate surface area is 229 Å². The van der Waals surface area contributed by atoms with Gasteiger partial charge in [0.05, 0.1) is 5.56 Å². The van der Waals surface area contributed by atoms with Gasteiger partial charge in [-0.15, -0.1) is 0 Å². The van der Waals surface area contributed by atoms with Gasteiger partial charge in [0.15, 0.2) is 17.4 Å². The third kappa shape index (κ3) is 8.05. The molecule has 2 aliphatic rings. The highest BCUT2D eigenvalue weighted by Gasteiger charge is 2.27. The third-order valence-electron chi connectivity index (χ3n) is 9.04. The minimum absolute atomic E-state index is 0.0409. The molecule has 1 aliphatic heterocycles. The van der Waals surface area contributed by atoms with E-state index in [2.05, 4.69) is 11.7 Å². The van der Waals surface area contributed by atoms with Gasteiger partial charge >= 0.3 is 6.61 Å². The van der Waals surface area contributed by atoms with Crippen molar-refractivity contribution in [2.24, 2.45) is 11.8 Å². The zero-order chi connectivity index (χ0) is 27.9. The van der Waals surface area contributed by atoms with Crippen LogP contribution in [0.4, 0.5) is 26.3 Å². The number of halogens is 6. The molecule has 0 aromatic heterocycles. The number of rotatable bonds is 11. The highest BCUT2D eigenvalue weighted by molar-refractivity contribution is 6.58. The Morgan fingerprint density at radius 1 is 0.769 bits per heavy atom. The van der Waals surface area contributed by atoms with E-state index in [1.54, 1.807) is 0 Å². The zero-order valence-corrected chi connectivity index (χ0v) is 23.9. The second-order valence-corrected chi connectivity index (χ2v) is 15.1. The van der Waals surface area contributed by atoms with Gasteiger partial charge in [0, 0.05) is 8.80 Å². The Hall–Kier alpha value is -1.96. The molecule has 8 heteroatoms. The van der Waals surface area contributed by atoms with E-state index in [9.17, 15) is 17.6 Å². The van der Waals surface area contributed by atoms with Crippen LogP contribution in [-0.2, 0) is 0 Å². The normalized spacial score (nSPS) is 23.8. The van der Waals surface area contributed by atoms with E-state index in [0.717, 1.165) is 31.6 Å². The fourth-order valence-corrected chi connectivity index (χ4v) is 10.4. The summed E-state index contributed by atoms with van der Waals surface area (Å²) < 4.78 is 86.9. The van der Waals surface area contributed by atoms with E-state index in [1.807, 2.05) is 0 Å². The van der Waals surface area contributed by atoms with Crippen LogP contribution in [0, 0.1) is 35.1 Å². The second kappa shape index (κ2) is 14.1. The van der Waals surface area contributed by atoms with Gasteiger partial charge < -0.3 is 4.74 Å². The highest BCUT2D eigenvalue weighted by atomic mass is 28.3. The molecule has 2 aromatic rings. The Morgan fingerprint density at radius 3 is 1.87 bits per heavy atom. The number of hydrogen-bond donors (Lipinski definition) is 0. The van der Waals surface area contributed by atoms with Crippen molar-refractivity contribution < 1.29 is 31.1 Å². The second-order valence-electron chi connectivity index (χ2n) is 11.7. The van der Waals surface area contributed by atoms with Crippen molar-refractivity contribution in [3.63, 3.8) is 0 Å². The first-order valence-electron chi connectivity index (χ1n) is 14.7. The number of benzene rings is 2. The fraction of sp³-hybridized carbons (Fsp3) is 0.613. The van der Waals surface area contributed by atoms with Gasteiger partial charge in [-0.1, -0.05) is 70.0 Å². The van der Waals surface area contributed by atoms with Gasteiger partial charge in [-0.25, -0.2) is 17.6 Å². The van der Waals surface area contributed by atoms with Crippen molar-refractivity contribution in [1.29, 1.82) is 0 Å². The van der Waals surface area contributed by atoms with Crippen LogP contribution >= 0.6 is 0 Å². The minimum Gasteiger partial charge on any atom is -0.429 e. The summed E-state index contributed by atoms with van der Waals surface area (Å²) in [7, 11) is -0.475. The lowest BCUT2D eigenvalue weighted by atomic mass is 9.76. The average Bonchev–Trinajstić information content (AvgIpc) is 2.90. The molecule has 2 fully saturated rings. The van der Waals surface area contributed by atoms with E-state index in [1.165, 1.54) is 75.2 Å². The predicted octanol–water partition coefficient (Wildman–Crippen LogP) is 10.4. The maximum atomic E-state index is 15.0. The molecule has 1 aliphatic carbocycles. The van der Waals surface area contributed by atoms with E-state index in [-0.39, 0.29) is 5.92 Å². The summed E-state index contributed by atoms with van der Waals surface area (Å²) in [4.78, 5) is 0. The molecule has 0 bridgehead atoms. The van der Waals surface area contributed by atoms with Crippen LogP contribution in [0.2, 0.25) is 18.1 Å². The largest absolute Gasteiger partial charge is 0.429 e. The molecule has 1 saturated heterocycles. The van der Waals surface area contributed by atoms with Gasteiger partial charge in [-0.2, -0.15) is 8.78 Å². The van der Waals surface area contributed by atoms with Crippen molar-refractivity contribution >= 4 is 8.80 Å². The molecule has 216 valence electrons. The maximum absolute atomic E-state index is 15.0. The Balaban J connectivity index is 1.29. The maximum Gasteiger partial charge on any atom is 0.387 e. The SMILES string of the molecule is CCCCC[Si@H]1CC[C@H](CCC2CCC(c3cc(F)c(-c4cc(F)c(OC(F)F)c(F)c4)c(F)c3)CC2)CC1. The lowest BCUT2D eigenvalue weighted by molar-refractivity contribution is -0.0546. The molecule has 0 atom stereocenters. The standard InChI is InChI=1S/C31H40F6OSi/c1-2-3-4-13-39-14-11-21(12-15-39)6-5-20-7-9-22(10-8-20)23-16-25(32)29(26(33)17-23)24-18-27(34)30(28(35)19-24)38-31(36)37/h16-22,31,39H,2-15H2,1H3/t20?,21-,22?,39-. The molecular formula is C31H40F6OSi. The summed E-state index contributed by atoms with van der Waals surface area (Å²) in [5, 5.41) is 0. The molecule has 1 nitrogen and oxygen atoms in total. The van der Waals surface area contributed by atoms with Gasteiger partial charge in [-0.3, -0.25) is 0 Å². The Kier molecular flexibility index (Phi) is 10.8. The molecule has 0 amide bonds. The molecule has 0 radical (unpaired) electrons. The quantitative estimate of drug-likeness (QED) is 0.148. The van der Waals surface area contributed by atoms with E-state index >= 15 is 8.78 Å². The molecule has 0 N–H and O–H groups in total. The van der Waals surface area contributed by atoms with Crippen LogP contribution in [0.3, 0.4) is 0 Å². The smallest absolute Gasteiger partial charge is 0.387 e. The molecule has 1 saturated carbocycles. The van der Waals surface area contributed by atoms with Crippen LogP contribution in [0.1, 0.15) is 89.0 Å². The predicted molar refractivity (Wildman–Crippen MR) is 146 cm³/mol. The summed E-state index contributed by atoms with van der Waals surface area (Å²) in [5.74, 6) is -4.46. The van der Waals surface area contributed by atoms with Crippen LogP contribution in [-0.4, -0.2) is 15.4 Å². The van der Waals surface area contributed by atoms with Gasteiger partial charge in [0.2, 0.25) is 0 Å². The van der Waals surface area contributed by atoms with Crippen LogP contribution < -0.4 is 4.74 Å². The van der Waals surface area contributed by atoms with E-state index in [4.69, 9.17) is 0 Å². The molecule has 39 heavy (non-hydrogen) atoms. The summed E-state index contributed by atoms with van der Waals surface area (Å²) >= 11 is 0. The van der Waals surface area contributed by atoms with Gasteiger partial charge in [0.25, 0.3) is 0 Å². The monoisotopic (exact) mass is 570 g/mol. The third-order valence-corrected chi connectivity index (χ3v) is 12.6. The van der Waals surface area contributed by atoms with Crippen LogP contribution in [0.5, 0.6) is 5.75 Å².